The van der Waals surface area contributed by atoms with Crippen LogP contribution in [0.5, 0.6) is 17.2 Å². The highest BCUT2D eigenvalue weighted by Crippen LogP contribution is 2.38. The fourth-order valence-corrected chi connectivity index (χ4v) is 3.06. The second-order valence-corrected chi connectivity index (χ2v) is 6.00. The maximum absolute atomic E-state index is 12.3. The average Bonchev–Trinajstić information content (AvgIpc) is 3.20. The molecule has 0 unspecified atom stereocenters. The van der Waals surface area contributed by atoms with Gasteiger partial charge in [-0.05, 0) is 24.3 Å². The molecule has 1 N–H and O–H groups in total. The van der Waals surface area contributed by atoms with Crippen molar-refractivity contribution in [2.75, 3.05) is 33.3 Å². The average molecular weight is 403 g/mol. The Hall–Kier alpha value is -3.40. The highest BCUT2D eigenvalue weighted by atomic mass is 32.1. The molecule has 0 atom stereocenters. The van der Waals surface area contributed by atoms with Gasteiger partial charge in [0, 0.05) is 0 Å². The first-order valence-corrected chi connectivity index (χ1v) is 8.78. The Kier molecular flexibility index (Phi) is 5.90. The molecule has 0 aliphatic rings. The number of ether oxygens (including phenoxy) is 4. The summed E-state index contributed by atoms with van der Waals surface area (Å²) in [4.78, 5) is 24.5. The summed E-state index contributed by atoms with van der Waals surface area (Å²) in [5.41, 5.74) is 1.92. The van der Waals surface area contributed by atoms with E-state index in [-0.39, 0.29) is 5.56 Å². The minimum absolute atomic E-state index is 0.160. The van der Waals surface area contributed by atoms with Crippen LogP contribution in [0.25, 0.3) is 11.0 Å². The molecule has 146 valence electrons. The van der Waals surface area contributed by atoms with E-state index in [9.17, 15) is 9.59 Å². The van der Waals surface area contributed by atoms with Gasteiger partial charge in [0.2, 0.25) is 5.75 Å². The fourth-order valence-electron chi connectivity index (χ4n) is 2.51. The van der Waals surface area contributed by atoms with Crippen LogP contribution in [0.15, 0.2) is 30.3 Å². The number of esters is 1. The molecule has 1 heterocycles. The molecule has 10 heteroatoms. The molecule has 0 bridgehead atoms. The van der Waals surface area contributed by atoms with Crippen molar-refractivity contribution < 1.29 is 28.5 Å². The van der Waals surface area contributed by atoms with Crippen molar-refractivity contribution in [1.82, 2.24) is 8.75 Å². The van der Waals surface area contributed by atoms with Gasteiger partial charge in [-0.25, -0.2) is 4.79 Å². The zero-order valence-corrected chi connectivity index (χ0v) is 16.2. The molecule has 0 spiro atoms. The molecule has 3 aromatic rings. The summed E-state index contributed by atoms with van der Waals surface area (Å²) in [5, 5.41) is 2.66. The minimum Gasteiger partial charge on any atom is -0.493 e. The predicted molar refractivity (Wildman–Crippen MR) is 102 cm³/mol. The summed E-state index contributed by atoms with van der Waals surface area (Å²) in [6.07, 6.45) is 0. The third-order valence-corrected chi connectivity index (χ3v) is 4.34. The number of aromatic nitrogens is 2. The lowest BCUT2D eigenvalue weighted by atomic mass is 10.2. The maximum atomic E-state index is 12.3. The van der Waals surface area contributed by atoms with Crippen LogP contribution in [0.2, 0.25) is 0 Å². The van der Waals surface area contributed by atoms with Gasteiger partial charge >= 0.3 is 5.97 Å². The molecular formula is C18H17N3O6S. The van der Waals surface area contributed by atoms with Crippen molar-refractivity contribution >= 4 is 40.3 Å². The number of benzene rings is 2. The van der Waals surface area contributed by atoms with E-state index in [2.05, 4.69) is 14.1 Å². The Morgan fingerprint density at radius 2 is 1.75 bits per heavy atom. The third-order valence-electron chi connectivity index (χ3n) is 3.79. The number of methoxy groups -OCH3 is 3. The van der Waals surface area contributed by atoms with Crippen molar-refractivity contribution in [3.63, 3.8) is 0 Å². The summed E-state index contributed by atoms with van der Waals surface area (Å²) in [6.45, 7) is -0.469. The van der Waals surface area contributed by atoms with Crippen LogP contribution in [-0.2, 0) is 9.53 Å². The van der Waals surface area contributed by atoms with E-state index < -0.39 is 18.5 Å². The fraction of sp³-hybridized carbons (Fsp3) is 0.222. The third kappa shape index (κ3) is 3.96. The van der Waals surface area contributed by atoms with Crippen LogP contribution >= 0.6 is 11.7 Å². The number of nitrogens with zero attached hydrogens (tertiary/aromatic N) is 2. The van der Waals surface area contributed by atoms with E-state index in [1.807, 2.05) is 0 Å². The first-order chi connectivity index (χ1) is 13.6. The standard InChI is InChI=1S/C18H17N3O6S/c1-24-13-7-10(8-14(25-2)17(13)26-3)18(23)27-9-15(22)19-11-5-4-6-12-16(11)21-28-20-12/h4-8H,9H2,1-3H3,(H,19,22). The van der Waals surface area contributed by atoms with Gasteiger partial charge in [-0.2, -0.15) is 8.75 Å². The molecular weight excluding hydrogens is 386 g/mol. The second-order valence-electron chi connectivity index (χ2n) is 5.48. The van der Waals surface area contributed by atoms with Gasteiger partial charge in [0.15, 0.2) is 18.1 Å². The number of hydrogen-bond donors (Lipinski definition) is 1. The van der Waals surface area contributed by atoms with E-state index in [4.69, 9.17) is 18.9 Å². The quantitative estimate of drug-likeness (QED) is 0.600. The number of nitrogens with one attached hydrogen (secondary N) is 1. The maximum Gasteiger partial charge on any atom is 0.338 e. The molecule has 1 amide bonds. The molecule has 0 fully saturated rings. The first-order valence-electron chi connectivity index (χ1n) is 8.05. The van der Waals surface area contributed by atoms with E-state index >= 15 is 0 Å². The van der Waals surface area contributed by atoms with Crippen molar-refractivity contribution in [2.24, 2.45) is 0 Å². The number of amides is 1. The lowest BCUT2D eigenvalue weighted by Gasteiger charge is -2.13. The highest BCUT2D eigenvalue weighted by molar-refractivity contribution is 7.00. The van der Waals surface area contributed by atoms with Crippen LogP contribution in [0.1, 0.15) is 10.4 Å². The molecule has 0 aliphatic heterocycles. The van der Waals surface area contributed by atoms with Crippen LogP contribution in [0.3, 0.4) is 0 Å². The van der Waals surface area contributed by atoms with Gasteiger partial charge < -0.3 is 24.3 Å². The molecule has 0 saturated carbocycles. The summed E-state index contributed by atoms with van der Waals surface area (Å²) in [6, 6.07) is 8.13. The highest BCUT2D eigenvalue weighted by Gasteiger charge is 2.19. The number of anilines is 1. The van der Waals surface area contributed by atoms with Crippen LogP contribution in [0.4, 0.5) is 5.69 Å². The number of carbonyl (C=O) groups excluding carboxylic acids is 2. The molecule has 3 rings (SSSR count). The van der Waals surface area contributed by atoms with Crippen molar-refractivity contribution in [1.29, 1.82) is 0 Å². The normalized spacial score (nSPS) is 10.4. The molecule has 9 nitrogen and oxygen atoms in total. The number of hydrogen-bond acceptors (Lipinski definition) is 9. The van der Waals surface area contributed by atoms with Gasteiger partial charge in [0.05, 0.1) is 44.3 Å². The number of fused-ring (bicyclic) bond motifs is 1. The summed E-state index contributed by atoms with van der Waals surface area (Å²) < 4.78 is 29.0. The number of carbonyl (C=O) groups is 2. The predicted octanol–water partition coefficient (Wildman–Crippen LogP) is 2.51. The Labute approximate surface area is 164 Å². The zero-order valence-electron chi connectivity index (χ0n) is 15.3. The Bertz CT molecular complexity index is 994. The molecule has 28 heavy (non-hydrogen) atoms. The van der Waals surface area contributed by atoms with Crippen LogP contribution in [-0.4, -0.2) is 48.6 Å². The number of rotatable bonds is 7. The summed E-state index contributed by atoms with van der Waals surface area (Å²) >= 11 is 1.05. The molecule has 0 radical (unpaired) electrons. The van der Waals surface area contributed by atoms with Gasteiger partial charge in [-0.3, -0.25) is 4.79 Å². The monoisotopic (exact) mass is 403 g/mol. The Morgan fingerprint density at radius 1 is 1.04 bits per heavy atom. The lowest BCUT2D eigenvalue weighted by molar-refractivity contribution is -0.119. The molecule has 0 aliphatic carbocycles. The molecule has 1 aromatic heterocycles. The Balaban J connectivity index is 1.68. The van der Waals surface area contributed by atoms with Crippen LogP contribution < -0.4 is 19.5 Å². The Morgan fingerprint density at radius 3 is 2.39 bits per heavy atom. The summed E-state index contributed by atoms with van der Waals surface area (Å²) in [5.74, 6) is -0.240. The van der Waals surface area contributed by atoms with Gasteiger partial charge in [0.1, 0.15) is 11.0 Å². The largest absolute Gasteiger partial charge is 0.493 e. The smallest absolute Gasteiger partial charge is 0.338 e. The summed E-state index contributed by atoms with van der Waals surface area (Å²) in [7, 11) is 4.34. The molecule has 2 aromatic carbocycles. The van der Waals surface area contributed by atoms with Gasteiger partial charge in [-0.1, -0.05) is 6.07 Å². The lowest BCUT2D eigenvalue weighted by Crippen LogP contribution is -2.21. The van der Waals surface area contributed by atoms with E-state index in [0.29, 0.717) is 34.0 Å². The van der Waals surface area contributed by atoms with Gasteiger partial charge in [0.25, 0.3) is 5.91 Å². The van der Waals surface area contributed by atoms with E-state index in [0.717, 1.165) is 11.7 Å². The topological polar surface area (TPSA) is 109 Å². The van der Waals surface area contributed by atoms with E-state index in [1.54, 1.807) is 18.2 Å². The first kappa shape index (κ1) is 19.4. The van der Waals surface area contributed by atoms with Crippen molar-refractivity contribution in [3.8, 4) is 17.2 Å². The van der Waals surface area contributed by atoms with Crippen molar-refractivity contribution in [3.05, 3.63) is 35.9 Å². The molecule has 0 saturated heterocycles. The van der Waals surface area contributed by atoms with Crippen molar-refractivity contribution in [2.45, 2.75) is 0 Å². The minimum atomic E-state index is -0.706. The second kappa shape index (κ2) is 8.53. The van der Waals surface area contributed by atoms with Gasteiger partial charge in [-0.15, -0.1) is 0 Å². The zero-order chi connectivity index (χ0) is 20.1. The SMILES string of the molecule is COc1cc(C(=O)OCC(=O)Nc2cccc3nsnc23)cc(OC)c1OC. The van der Waals surface area contributed by atoms with E-state index in [1.165, 1.54) is 33.5 Å². The van der Waals surface area contributed by atoms with Crippen LogP contribution in [0, 0.1) is 0 Å².